The molecule has 0 unspecified atom stereocenters. The highest BCUT2D eigenvalue weighted by molar-refractivity contribution is 7.22. The highest BCUT2D eigenvalue weighted by Gasteiger charge is 2.26. The van der Waals surface area contributed by atoms with Crippen LogP contribution in [0.15, 0.2) is 18.2 Å². The summed E-state index contributed by atoms with van der Waals surface area (Å²) in [7, 11) is 0. The third kappa shape index (κ3) is 4.19. The molecule has 0 bridgehead atoms. The number of piperidine rings is 1. The molecule has 1 aliphatic rings. The second kappa shape index (κ2) is 7.70. The van der Waals surface area contributed by atoms with Crippen LogP contribution in [-0.2, 0) is 4.79 Å². The number of amides is 1. The van der Waals surface area contributed by atoms with E-state index in [-0.39, 0.29) is 11.8 Å². The van der Waals surface area contributed by atoms with E-state index in [1.165, 1.54) is 0 Å². The van der Waals surface area contributed by atoms with Crippen LogP contribution in [0.4, 0.5) is 5.13 Å². The first-order chi connectivity index (χ1) is 11.5. The molecule has 24 heavy (non-hydrogen) atoms. The Morgan fingerprint density at radius 3 is 2.88 bits per heavy atom. The predicted molar refractivity (Wildman–Crippen MR) is 102 cm³/mol. The molecule has 4 nitrogen and oxygen atoms in total. The van der Waals surface area contributed by atoms with Crippen LogP contribution >= 0.6 is 22.9 Å². The van der Waals surface area contributed by atoms with E-state index < -0.39 is 0 Å². The first-order valence-electron chi connectivity index (χ1n) is 8.61. The molecule has 1 amide bonds. The Bertz CT molecular complexity index is 707. The highest BCUT2D eigenvalue weighted by atomic mass is 35.5. The van der Waals surface area contributed by atoms with Gasteiger partial charge in [-0.25, -0.2) is 4.98 Å². The minimum absolute atomic E-state index is 0.136. The molecular weight excluding hydrogens is 342 g/mol. The molecule has 0 aliphatic carbocycles. The number of fused-ring (bicyclic) bond motifs is 1. The first-order valence-corrected chi connectivity index (χ1v) is 9.81. The molecular formula is C18H24ClN3OS. The normalized spacial score (nSPS) is 16.1. The molecule has 1 aromatic heterocycles. The van der Waals surface area contributed by atoms with Crippen molar-refractivity contribution in [3.63, 3.8) is 0 Å². The van der Waals surface area contributed by atoms with Crippen molar-refractivity contribution in [1.82, 2.24) is 10.3 Å². The molecule has 130 valence electrons. The van der Waals surface area contributed by atoms with Gasteiger partial charge in [0.25, 0.3) is 0 Å². The lowest BCUT2D eigenvalue weighted by molar-refractivity contribution is -0.125. The summed E-state index contributed by atoms with van der Waals surface area (Å²) in [6.45, 7) is 6.91. The van der Waals surface area contributed by atoms with Gasteiger partial charge in [-0.15, -0.1) is 0 Å². The topological polar surface area (TPSA) is 45.2 Å². The summed E-state index contributed by atoms with van der Waals surface area (Å²) in [5, 5.41) is 4.83. The van der Waals surface area contributed by atoms with Crippen LogP contribution < -0.4 is 10.2 Å². The minimum Gasteiger partial charge on any atom is -0.356 e. The molecule has 1 fully saturated rings. The maximum absolute atomic E-state index is 12.2. The summed E-state index contributed by atoms with van der Waals surface area (Å²) in [6.07, 6.45) is 2.83. The van der Waals surface area contributed by atoms with Crippen molar-refractivity contribution < 1.29 is 4.79 Å². The van der Waals surface area contributed by atoms with Crippen molar-refractivity contribution in [2.45, 2.75) is 33.1 Å². The average molecular weight is 366 g/mol. The van der Waals surface area contributed by atoms with Crippen molar-refractivity contribution in [1.29, 1.82) is 0 Å². The van der Waals surface area contributed by atoms with E-state index in [9.17, 15) is 4.79 Å². The Hall–Kier alpha value is -1.33. The summed E-state index contributed by atoms with van der Waals surface area (Å²) in [6, 6.07) is 5.83. The number of halogens is 1. The van der Waals surface area contributed by atoms with E-state index >= 15 is 0 Å². The van der Waals surface area contributed by atoms with Crippen LogP contribution in [-0.4, -0.2) is 30.5 Å². The lowest BCUT2D eigenvalue weighted by atomic mass is 9.96. The van der Waals surface area contributed by atoms with Crippen LogP contribution in [0.25, 0.3) is 10.2 Å². The lowest BCUT2D eigenvalue weighted by Gasteiger charge is -2.31. The zero-order valence-electron chi connectivity index (χ0n) is 14.2. The molecule has 0 radical (unpaired) electrons. The standard InChI is InChI=1S/C18H24ClN3OS/c1-12(2)5-8-20-17(23)13-6-9-22(10-7-13)18-21-15-11-14(19)3-4-16(15)24-18/h3-4,11-13H,5-10H2,1-2H3,(H,20,23). The number of thiazole rings is 1. The summed E-state index contributed by atoms with van der Waals surface area (Å²) in [4.78, 5) is 19.2. The number of hydrogen-bond donors (Lipinski definition) is 1. The fraction of sp³-hybridized carbons (Fsp3) is 0.556. The molecule has 1 aromatic carbocycles. The fourth-order valence-corrected chi connectivity index (χ4v) is 4.15. The Labute approximate surface area is 152 Å². The third-order valence-corrected chi connectivity index (χ3v) is 5.83. The predicted octanol–water partition coefficient (Wildman–Crippen LogP) is 4.33. The number of nitrogens with zero attached hydrogens (tertiary/aromatic N) is 2. The zero-order chi connectivity index (χ0) is 17.1. The molecule has 2 heterocycles. The Kier molecular flexibility index (Phi) is 5.61. The third-order valence-electron chi connectivity index (χ3n) is 4.50. The van der Waals surface area contributed by atoms with E-state index in [2.05, 4.69) is 24.1 Å². The van der Waals surface area contributed by atoms with Crippen LogP contribution in [0.5, 0.6) is 0 Å². The summed E-state index contributed by atoms with van der Waals surface area (Å²) < 4.78 is 1.16. The first kappa shape index (κ1) is 17.5. The van der Waals surface area contributed by atoms with E-state index in [0.717, 1.165) is 59.3 Å². The van der Waals surface area contributed by atoms with Gasteiger partial charge in [-0.1, -0.05) is 36.8 Å². The summed E-state index contributed by atoms with van der Waals surface area (Å²) in [5.74, 6) is 0.975. The monoisotopic (exact) mass is 365 g/mol. The SMILES string of the molecule is CC(C)CCNC(=O)C1CCN(c2nc3cc(Cl)ccc3s2)CC1. The number of carbonyl (C=O) groups is 1. The number of anilines is 1. The van der Waals surface area contributed by atoms with Crippen LogP contribution in [0.3, 0.4) is 0 Å². The van der Waals surface area contributed by atoms with Gasteiger partial charge in [-0.05, 0) is 43.4 Å². The average Bonchev–Trinajstić information content (AvgIpc) is 2.97. The van der Waals surface area contributed by atoms with Gasteiger partial charge in [0.05, 0.1) is 10.2 Å². The van der Waals surface area contributed by atoms with E-state index in [0.29, 0.717) is 5.92 Å². The number of benzene rings is 1. The van der Waals surface area contributed by atoms with E-state index in [1.807, 2.05) is 18.2 Å². The number of rotatable bonds is 5. The largest absolute Gasteiger partial charge is 0.356 e. The Morgan fingerprint density at radius 2 is 2.17 bits per heavy atom. The van der Waals surface area contributed by atoms with Gasteiger partial charge >= 0.3 is 0 Å². The molecule has 2 aromatic rings. The van der Waals surface area contributed by atoms with Crippen molar-refractivity contribution in [2.24, 2.45) is 11.8 Å². The van der Waals surface area contributed by atoms with Gasteiger partial charge in [0.1, 0.15) is 0 Å². The van der Waals surface area contributed by atoms with Crippen LogP contribution in [0.1, 0.15) is 33.1 Å². The quantitative estimate of drug-likeness (QED) is 0.857. The molecule has 0 saturated carbocycles. The molecule has 6 heteroatoms. The fourth-order valence-electron chi connectivity index (χ4n) is 2.99. The van der Waals surface area contributed by atoms with Crippen molar-refractivity contribution in [3.8, 4) is 0 Å². The summed E-state index contributed by atoms with van der Waals surface area (Å²) in [5.41, 5.74) is 0.955. The maximum Gasteiger partial charge on any atom is 0.223 e. The maximum atomic E-state index is 12.2. The second-order valence-electron chi connectivity index (χ2n) is 6.84. The van der Waals surface area contributed by atoms with E-state index in [4.69, 9.17) is 16.6 Å². The number of aromatic nitrogens is 1. The molecule has 1 aliphatic heterocycles. The Morgan fingerprint density at radius 1 is 1.42 bits per heavy atom. The molecule has 3 rings (SSSR count). The van der Waals surface area contributed by atoms with Gasteiger partial charge in [-0.2, -0.15) is 0 Å². The molecule has 1 N–H and O–H groups in total. The van der Waals surface area contributed by atoms with E-state index in [1.54, 1.807) is 11.3 Å². The minimum atomic E-state index is 0.136. The van der Waals surface area contributed by atoms with Gasteiger partial charge in [0, 0.05) is 30.6 Å². The van der Waals surface area contributed by atoms with Gasteiger partial charge in [0.2, 0.25) is 5.91 Å². The van der Waals surface area contributed by atoms with Gasteiger partial charge < -0.3 is 10.2 Å². The number of nitrogens with one attached hydrogen (secondary N) is 1. The summed E-state index contributed by atoms with van der Waals surface area (Å²) >= 11 is 7.73. The molecule has 0 spiro atoms. The van der Waals surface area contributed by atoms with Gasteiger partial charge in [-0.3, -0.25) is 4.79 Å². The molecule has 1 saturated heterocycles. The van der Waals surface area contributed by atoms with Crippen LogP contribution in [0, 0.1) is 11.8 Å². The number of hydrogen-bond acceptors (Lipinski definition) is 4. The van der Waals surface area contributed by atoms with Gasteiger partial charge in [0.15, 0.2) is 5.13 Å². The van der Waals surface area contributed by atoms with Crippen molar-refractivity contribution in [3.05, 3.63) is 23.2 Å². The van der Waals surface area contributed by atoms with Crippen molar-refractivity contribution in [2.75, 3.05) is 24.5 Å². The Balaban J connectivity index is 1.55. The smallest absolute Gasteiger partial charge is 0.223 e. The zero-order valence-corrected chi connectivity index (χ0v) is 15.8. The van der Waals surface area contributed by atoms with Crippen molar-refractivity contribution >= 4 is 44.2 Å². The molecule has 0 atom stereocenters. The number of carbonyl (C=O) groups excluding carboxylic acids is 1. The lowest BCUT2D eigenvalue weighted by Crippen LogP contribution is -2.40. The van der Waals surface area contributed by atoms with Crippen LogP contribution in [0.2, 0.25) is 5.02 Å². The second-order valence-corrected chi connectivity index (χ2v) is 8.29. The highest BCUT2D eigenvalue weighted by Crippen LogP contribution is 2.32.